The molecule has 0 unspecified atom stereocenters. The van der Waals surface area contributed by atoms with Crippen molar-refractivity contribution in [3.63, 3.8) is 0 Å². The summed E-state index contributed by atoms with van der Waals surface area (Å²) in [5.41, 5.74) is 1.57. The first-order valence-corrected chi connectivity index (χ1v) is 13.9. The summed E-state index contributed by atoms with van der Waals surface area (Å²) >= 11 is 19.2. The van der Waals surface area contributed by atoms with Gasteiger partial charge in [-0.1, -0.05) is 53.0 Å². The van der Waals surface area contributed by atoms with Crippen LogP contribution in [0.4, 0.5) is 5.69 Å². The Labute approximate surface area is 246 Å². The molecule has 1 heterocycles. The number of hydrogen-bond acceptors (Lipinski definition) is 5. The van der Waals surface area contributed by atoms with E-state index in [2.05, 4.69) is 42.3 Å². The molecule has 0 saturated heterocycles. The molecule has 1 atom stereocenters. The topological polar surface area (TPSA) is 85.6 Å². The third-order valence-electron chi connectivity index (χ3n) is 5.70. The smallest absolute Gasteiger partial charge is 0.282 e. The summed E-state index contributed by atoms with van der Waals surface area (Å²) in [7, 11) is 0. The maximum absolute atomic E-state index is 13.3. The van der Waals surface area contributed by atoms with Crippen LogP contribution in [0, 0.1) is 0 Å². The Morgan fingerprint density at radius 1 is 1.16 bits per heavy atom. The first kappa shape index (κ1) is 28.3. The standard InChI is InChI=1S/C27H22Br2Cl2N4O3/c1-3-15(2)26-34-23-9-4-17(28)12-20(23)27(37)35(26)32-13-16-10-21(29)25(22(31)11-16)38-14-24(36)33-19-7-5-18(30)6-8-19/h4-13,15H,3,14H2,1-2H3,(H,33,36)/t15-/m1/s1. The van der Waals surface area contributed by atoms with Crippen molar-refractivity contribution < 1.29 is 9.53 Å². The second-order valence-electron chi connectivity index (χ2n) is 8.46. The van der Waals surface area contributed by atoms with Gasteiger partial charge in [0.15, 0.2) is 12.4 Å². The molecule has 0 saturated carbocycles. The molecule has 1 aromatic heterocycles. The van der Waals surface area contributed by atoms with Gasteiger partial charge < -0.3 is 10.1 Å². The fourth-order valence-electron chi connectivity index (χ4n) is 3.56. The highest BCUT2D eigenvalue weighted by molar-refractivity contribution is 9.10. The number of fused-ring (bicyclic) bond motifs is 1. The maximum Gasteiger partial charge on any atom is 0.282 e. The van der Waals surface area contributed by atoms with E-state index in [4.69, 9.17) is 32.9 Å². The highest BCUT2D eigenvalue weighted by Gasteiger charge is 2.16. The van der Waals surface area contributed by atoms with E-state index >= 15 is 0 Å². The SMILES string of the molecule is CC[C@@H](C)c1nc2ccc(Br)cc2c(=O)n1N=Cc1cc(Cl)c(OCC(=O)Nc2ccc(Cl)cc2)c(Br)c1. The molecule has 0 aliphatic carbocycles. The quantitative estimate of drug-likeness (QED) is 0.194. The average Bonchev–Trinajstić information content (AvgIpc) is 2.88. The number of nitrogens with zero attached hydrogens (tertiary/aromatic N) is 3. The maximum atomic E-state index is 13.3. The molecule has 7 nitrogen and oxygen atoms in total. The molecule has 0 aliphatic heterocycles. The van der Waals surface area contributed by atoms with E-state index in [1.807, 2.05) is 26.0 Å². The van der Waals surface area contributed by atoms with Crippen molar-refractivity contribution in [2.24, 2.45) is 5.10 Å². The molecule has 38 heavy (non-hydrogen) atoms. The molecule has 4 rings (SSSR count). The second-order valence-corrected chi connectivity index (χ2v) is 11.1. The molecule has 0 bridgehead atoms. The summed E-state index contributed by atoms with van der Waals surface area (Å²) in [4.78, 5) is 30.3. The van der Waals surface area contributed by atoms with Gasteiger partial charge >= 0.3 is 0 Å². The lowest BCUT2D eigenvalue weighted by Crippen LogP contribution is -2.23. The molecule has 1 N–H and O–H groups in total. The molecule has 4 aromatic rings. The van der Waals surface area contributed by atoms with Crippen molar-refractivity contribution in [3.05, 3.63) is 95.3 Å². The molecule has 11 heteroatoms. The van der Waals surface area contributed by atoms with Crippen LogP contribution in [0.15, 0.2) is 73.4 Å². The van der Waals surface area contributed by atoms with Crippen LogP contribution >= 0.6 is 55.1 Å². The number of nitrogens with one attached hydrogen (secondary N) is 1. The van der Waals surface area contributed by atoms with Gasteiger partial charge in [0, 0.05) is 21.1 Å². The third-order valence-corrected chi connectivity index (χ3v) is 7.32. The molecular formula is C27H22Br2Cl2N4O3. The van der Waals surface area contributed by atoms with Crippen LogP contribution < -0.4 is 15.6 Å². The summed E-state index contributed by atoms with van der Waals surface area (Å²) in [6, 6.07) is 15.5. The van der Waals surface area contributed by atoms with Gasteiger partial charge in [-0.05, 0) is 82.5 Å². The van der Waals surface area contributed by atoms with E-state index in [-0.39, 0.29) is 29.0 Å². The Hall–Kier alpha value is -2.72. The summed E-state index contributed by atoms with van der Waals surface area (Å²) < 4.78 is 8.30. The highest BCUT2D eigenvalue weighted by atomic mass is 79.9. The lowest BCUT2D eigenvalue weighted by atomic mass is 10.1. The van der Waals surface area contributed by atoms with Crippen LogP contribution in [0.2, 0.25) is 10.0 Å². The van der Waals surface area contributed by atoms with Crippen LogP contribution in [-0.2, 0) is 4.79 Å². The normalized spacial score (nSPS) is 12.2. The molecule has 0 spiro atoms. The number of carbonyl (C=O) groups excluding carboxylic acids is 1. The zero-order valence-corrected chi connectivity index (χ0v) is 25.0. The Kier molecular flexibility index (Phi) is 9.25. The highest BCUT2D eigenvalue weighted by Crippen LogP contribution is 2.34. The van der Waals surface area contributed by atoms with Gasteiger partial charge in [-0.2, -0.15) is 9.78 Å². The summed E-state index contributed by atoms with van der Waals surface area (Å²) in [5.74, 6) is 0.538. The van der Waals surface area contributed by atoms with E-state index in [1.54, 1.807) is 42.5 Å². The van der Waals surface area contributed by atoms with Crippen LogP contribution in [0.1, 0.15) is 37.6 Å². The summed E-state index contributed by atoms with van der Waals surface area (Å²) in [6.07, 6.45) is 2.32. The first-order valence-electron chi connectivity index (χ1n) is 11.6. The molecular weight excluding hydrogens is 659 g/mol. The van der Waals surface area contributed by atoms with Crippen molar-refractivity contribution in [2.75, 3.05) is 11.9 Å². The average molecular weight is 681 g/mol. The van der Waals surface area contributed by atoms with Gasteiger partial charge in [0.05, 0.1) is 26.6 Å². The van der Waals surface area contributed by atoms with Gasteiger partial charge in [0.1, 0.15) is 5.82 Å². The number of ether oxygens (including phenoxy) is 1. The van der Waals surface area contributed by atoms with Crippen molar-refractivity contribution >= 4 is 83.8 Å². The predicted octanol–water partition coefficient (Wildman–Crippen LogP) is 7.64. The molecule has 3 aromatic carbocycles. The zero-order chi connectivity index (χ0) is 27.4. The molecule has 0 radical (unpaired) electrons. The molecule has 0 fully saturated rings. The van der Waals surface area contributed by atoms with Gasteiger partial charge in [-0.3, -0.25) is 9.59 Å². The van der Waals surface area contributed by atoms with Crippen molar-refractivity contribution in [3.8, 4) is 5.75 Å². The molecule has 196 valence electrons. The van der Waals surface area contributed by atoms with Crippen LogP contribution in [0.25, 0.3) is 10.9 Å². The van der Waals surface area contributed by atoms with Crippen molar-refractivity contribution in [1.29, 1.82) is 0 Å². The van der Waals surface area contributed by atoms with Gasteiger partial charge in [-0.15, -0.1) is 0 Å². The van der Waals surface area contributed by atoms with Crippen molar-refractivity contribution in [1.82, 2.24) is 9.66 Å². The number of benzene rings is 3. The fraction of sp³-hybridized carbons (Fsp3) is 0.185. The fourth-order valence-corrected chi connectivity index (χ4v) is 5.04. The van der Waals surface area contributed by atoms with Gasteiger partial charge in [-0.25, -0.2) is 4.98 Å². The van der Waals surface area contributed by atoms with E-state index in [0.29, 0.717) is 43.2 Å². The Morgan fingerprint density at radius 3 is 2.58 bits per heavy atom. The minimum atomic E-state index is -0.353. The monoisotopic (exact) mass is 678 g/mol. The lowest BCUT2D eigenvalue weighted by molar-refractivity contribution is -0.118. The molecule has 0 aliphatic rings. The van der Waals surface area contributed by atoms with E-state index in [1.165, 1.54) is 10.9 Å². The number of halogens is 4. The van der Waals surface area contributed by atoms with Crippen LogP contribution in [-0.4, -0.2) is 28.4 Å². The Bertz CT molecular complexity index is 1570. The van der Waals surface area contributed by atoms with Crippen LogP contribution in [0.3, 0.4) is 0 Å². The Balaban J connectivity index is 1.57. The number of carbonyl (C=O) groups is 1. The Morgan fingerprint density at radius 2 is 1.89 bits per heavy atom. The predicted molar refractivity (Wildman–Crippen MR) is 160 cm³/mol. The zero-order valence-electron chi connectivity index (χ0n) is 20.3. The number of hydrogen-bond donors (Lipinski definition) is 1. The third kappa shape index (κ3) is 6.64. The minimum absolute atomic E-state index is 0.0121. The number of amides is 1. The number of anilines is 1. The summed E-state index contributed by atoms with van der Waals surface area (Å²) in [5, 5.41) is 8.51. The van der Waals surface area contributed by atoms with E-state index in [0.717, 1.165) is 10.9 Å². The molecule has 1 amide bonds. The van der Waals surface area contributed by atoms with Crippen LogP contribution in [0.5, 0.6) is 5.75 Å². The van der Waals surface area contributed by atoms with Gasteiger partial charge in [0.2, 0.25) is 0 Å². The van der Waals surface area contributed by atoms with E-state index < -0.39 is 0 Å². The lowest BCUT2D eigenvalue weighted by Gasteiger charge is -2.14. The van der Waals surface area contributed by atoms with E-state index in [9.17, 15) is 9.59 Å². The minimum Gasteiger partial charge on any atom is -0.481 e. The number of aromatic nitrogens is 2. The van der Waals surface area contributed by atoms with Crippen molar-refractivity contribution in [2.45, 2.75) is 26.2 Å². The number of rotatable bonds is 8. The first-order chi connectivity index (χ1) is 18.2. The second kappa shape index (κ2) is 12.4. The van der Waals surface area contributed by atoms with Gasteiger partial charge in [0.25, 0.3) is 11.5 Å². The summed E-state index contributed by atoms with van der Waals surface area (Å²) in [6.45, 7) is 3.78. The largest absolute Gasteiger partial charge is 0.481 e.